The number of rotatable bonds is 6. The van der Waals surface area contributed by atoms with Crippen LogP contribution >= 0.6 is 23.2 Å². The maximum Gasteiger partial charge on any atom is 0.310 e. The van der Waals surface area contributed by atoms with Crippen LogP contribution < -0.4 is 5.32 Å². The Morgan fingerprint density at radius 1 is 1.08 bits per heavy atom. The molecule has 5 nitrogen and oxygen atoms in total. The first-order chi connectivity index (χ1) is 12.0. The fraction of sp³-hybridized carbons (Fsp3) is 0.167. The molecule has 25 heavy (non-hydrogen) atoms. The van der Waals surface area contributed by atoms with Crippen molar-refractivity contribution in [1.82, 2.24) is 0 Å². The molecule has 0 bridgehead atoms. The van der Waals surface area contributed by atoms with E-state index in [1.807, 2.05) is 6.07 Å². The van der Waals surface area contributed by atoms with E-state index < -0.39 is 18.5 Å². The largest absolute Gasteiger partial charge is 0.455 e. The van der Waals surface area contributed by atoms with Crippen LogP contribution in [0.5, 0.6) is 0 Å². The Balaban J connectivity index is 1.83. The molecule has 2 rings (SSSR count). The second-order valence-corrected chi connectivity index (χ2v) is 5.93. The molecule has 1 amide bonds. The highest BCUT2D eigenvalue weighted by Gasteiger charge is 2.13. The predicted molar refractivity (Wildman–Crippen MR) is 95.5 cm³/mol. The van der Waals surface area contributed by atoms with Gasteiger partial charge in [-0.15, -0.1) is 0 Å². The number of anilines is 1. The van der Waals surface area contributed by atoms with Crippen LogP contribution in [-0.4, -0.2) is 18.5 Å². The summed E-state index contributed by atoms with van der Waals surface area (Å²) in [6.07, 6.45) is 0.186. The van der Waals surface area contributed by atoms with Crippen molar-refractivity contribution in [3.63, 3.8) is 0 Å². The number of ether oxygens (including phenoxy) is 1. The van der Waals surface area contributed by atoms with Crippen molar-refractivity contribution < 1.29 is 14.3 Å². The van der Waals surface area contributed by atoms with Crippen LogP contribution in [0.2, 0.25) is 10.0 Å². The number of esters is 1. The summed E-state index contributed by atoms with van der Waals surface area (Å²) in [5.74, 6) is -1.07. The van der Waals surface area contributed by atoms with Crippen molar-refractivity contribution in [2.24, 2.45) is 0 Å². The van der Waals surface area contributed by atoms with Crippen molar-refractivity contribution in [3.05, 3.63) is 63.6 Å². The molecule has 128 valence electrons. The smallest absolute Gasteiger partial charge is 0.310 e. The molecule has 0 aliphatic carbocycles. The first-order valence-corrected chi connectivity index (χ1v) is 8.09. The average molecular weight is 377 g/mol. The zero-order valence-corrected chi connectivity index (χ0v) is 14.6. The van der Waals surface area contributed by atoms with E-state index in [0.29, 0.717) is 27.7 Å². The summed E-state index contributed by atoms with van der Waals surface area (Å²) >= 11 is 12.0. The van der Waals surface area contributed by atoms with Gasteiger partial charge in [0.15, 0.2) is 6.61 Å². The van der Waals surface area contributed by atoms with E-state index in [1.54, 1.807) is 42.5 Å². The Labute approximate surface area is 155 Å². The van der Waals surface area contributed by atoms with E-state index >= 15 is 0 Å². The van der Waals surface area contributed by atoms with Crippen molar-refractivity contribution in [2.75, 3.05) is 11.9 Å². The number of carbonyl (C=O) groups excluding carboxylic acids is 2. The monoisotopic (exact) mass is 376 g/mol. The molecule has 0 saturated heterocycles. The van der Waals surface area contributed by atoms with E-state index in [2.05, 4.69) is 5.32 Å². The molecule has 2 aromatic carbocycles. The molecule has 0 spiro atoms. The third-order valence-corrected chi connectivity index (χ3v) is 3.98. The zero-order chi connectivity index (χ0) is 18.2. The molecule has 7 heteroatoms. The average Bonchev–Trinajstić information content (AvgIpc) is 2.58. The molecular formula is C18H14Cl2N2O3. The van der Waals surface area contributed by atoms with Gasteiger partial charge in [0, 0.05) is 21.3 Å². The minimum Gasteiger partial charge on any atom is -0.455 e. The standard InChI is InChI=1S/C18H14Cl2N2O3/c19-15-2-1-3-16(20)14(15)10-18(24)25-11-17(23)22-13-6-4-12(5-7-13)8-9-21/h1-7H,8,10-11H2,(H,22,23). The number of nitrogens with one attached hydrogen (secondary N) is 1. The van der Waals surface area contributed by atoms with E-state index in [0.717, 1.165) is 5.56 Å². The van der Waals surface area contributed by atoms with Crippen LogP contribution in [0.25, 0.3) is 0 Å². The lowest BCUT2D eigenvalue weighted by Crippen LogP contribution is -2.21. The van der Waals surface area contributed by atoms with E-state index in [1.165, 1.54) is 0 Å². The van der Waals surface area contributed by atoms with Gasteiger partial charge in [-0.3, -0.25) is 9.59 Å². The third-order valence-electron chi connectivity index (χ3n) is 3.27. The van der Waals surface area contributed by atoms with Crippen LogP contribution in [0.3, 0.4) is 0 Å². The Morgan fingerprint density at radius 3 is 2.32 bits per heavy atom. The number of hydrogen-bond acceptors (Lipinski definition) is 4. The van der Waals surface area contributed by atoms with Crippen molar-refractivity contribution in [2.45, 2.75) is 12.8 Å². The lowest BCUT2D eigenvalue weighted by molar-refractivity contribution is -0.146. The number of hydrogen-bond donors (Lipinski definition) is 1. The molecule has 0 aromatic heterocycles. The second kappa shape index (κ2) is 9.07. The SMILES string of the molecule is N#CCc1ccc(NC(=O)COC(=O)Cc2c(Cl)cccc2Cl)cc1. The topological polar surface area (TPSA) is 79.2 Å². The van der Waals surface area contributed by atoms with Crippen LogP contribution in [0.15, 0.2) is 42.5 Å². The molecular weight excluding hydrogens is 363 g/mol. The molecule has 0 aliphatic rings. The van der Waals surface area contributed by atoms with Gasteiger partial charge in [0.1, 0.15) is 0 Å². The van der Waals surface area contributed by atoms with Gasteiger partial charge in [-0.05, 0) is 29.8 Å². The first-order valence-electron chi connectivity index (χ1n) is 7.34. The van der Waals surface area contributed by atoms with E-state index in [9.17, 15) is 9.59 Å². The molecule has 0 atom stereocenters. The van der Waals surface area contributed by atoms with Gasteiger partial charge in [0.2, 0.25) is 0 Å². The van der Waals surface area contributed by atoms with Crippen LogP contribution in [0.4, 0.5) is 5.69 Å². The summed E-state index contributed by atoms with van der Waals surface area (Å²) in [4.78, 5) is 23.7. The van der Waals surface area contributed by atoms with E-state index in [-0.39, 0.29) is 6.42 Å². The molecule has 0 heterocycles. The summed E-state index contributed by atoms with van der Waals surface area (Å²) in [6.45, 7) is -0.416. The number of nitrogens with zero attached hydrogens (tertiary/aromatic N) is 1. The predicted octanol–water partition coefficient (Wildman–Crippen LogP) is 3.78. The lowest BCUT2D eigenvalue weighted by atomic mass is 10.1. The van der Waals surface area contributed by atoms with Gasteiger partial charge < -0.3 is 10.1 Å². The molecule has 0 fully saturated rings. The molecule has 0 radical (unpaired) electrons. The number of halogens is 2. The summed E-state index contributed by atoms with van der Waals surface area (Å²) in [7, 11) is 0. The number of amides is 1. The van der Waals surface area contributed by atoms with Gasteiger partial charge in [-0.1, -0.05) is 41.4 Å². The second-order valence-electron chi connectivity index (χ2n) is 5.12. The Bertz CT molecular complexity index is 794. The van der Waals surface area contributed by atoms with Gasteiger partial charge in [0.05, 0.1) is 18.9 Å². The Hall–Kier alpha value is -2.55. The first kappa shape index (κ1) is 18.8. The Morgan fingerprint density at radius 2 is 1.72 bits per heavy atom. The van der Waals surface area contributed by atoms with Gasteiger partial charge in [-0.2, -0.15) is 5.26 Å². The van der Waals surface area contributed by atoms with Crippen LogP contribution in [0, 0.1) is 11.3 Å². The van der Waals surface area contributed by atoms with Gasteiger partial charge >= 0.3 is 5.97 Å². The maximum atomic E-state index is 11.8. The van der Waals surface area contributed by atoms with E-state index in [4.69, 9.17) is 33.2 Å². The van der Waals surface area contributed by atoms with Crippen molar-refractivity contribution >= 4 is 40.8 Å². The molecule has 2 aromatic rings. The number of nitriles is 1. The fourth-order valence-electron chi connectivity index (χ4n) is 2.04. The fourth-order valence-corrected chi connectivity index (χ4v) is 2.57. The summed E-state index contributed by atoms with van der Waals surface area (Å²) in [5.41, 5.74) is 1.87. The molecule has 0 unspecified atom stereocenters. The summed E-state index contributed by atoms with van der Waals surface area (Å²) < 4.78 is 4.94. The van der Waals surface area contributed by atoms with Crippen LogP contribution in [0.1, 0.15) is 11.1 Å². The minimum absolute atomic E-state index is 0.116. The Kier molecular flexibility index (Phi) is 6.81. The highest BCUT2D eigenvalue weighted by atomic mass is 35.5. The highest BCUT2D eigenvalue weighted by Crippen LogP contribution is 2.24. The number of benzene rings is 2. The zero-order valence-electron chi connectivity index (χ0n) is 13.1. The maximum absolute atomic E-state index is 11.8. The lowest BCUT2D eigenvalue weighted by Gasteiger charge is -2.08. The van der Waals surface area contributed by atoms with Crippen molar-refractivity contribution in [1.29, 1.82) is 5.26 Å². The van der Waals surface area contributed by atoms with Crippen LogP contribution in [-0.2, 0) is 27.2 Å². The summed E-state index contributed by atoms with van der Waals surface area (Å²) in [5, 5.41) is 11.9. The third kappa shape index (κ3) is 5.79. The normalized spacial score (nSPS) is 9.96. The summed E-state index contributed by atoms with van der Waals surface area (Å²) in [6, 6.07) is 13.8. The van der Waals surface area contributed by atoms with Crippen molar-refractivity contribution in [3.8, 4) is 6.07 Å². The molecule has 1 N–H and O–H groups in total. The quantitative estimate of drug-likeness (QED) is 0.777. The van der Waals surface area contributed by atoms with Gasteiger partial charge in [-0.25, -0.2) is 0 Å². The van der Waals surface area contributed by atoms with Gasteiger partial charge in [0.25, 0.3) is 5.91 Å². The minimum atomic E-state index is -0.602. The number of carbonyl (C=O) groups is 2. The molecule has 0 aliphatic heterocycles. The molecule has 0 saturated carbocycles. The highest BCUT2D eigenvalue weighted by molar-refractivity contribution is 6.36.